The van der Waals surface area contributed by atoms with Crippen LogP contribution >= 0.6 is 0 Å². The highest BCUT2D eigenvalue weighted by molar-refractivity contribution is 4.91. The monoisotopic (exact) mass is 406 g/mol. The van der Waals surface area contributed by atoms with E-state index in [4.69, 9.17) is 9.57 Å². The van der Waals surface area contributed by atoms with E-state index >= 15 is 0 Å². The van der Waals surface area contributed by atoms with E-state index in [1.54, 1.807) is 0 Å². The Balaban J connectivity index is 1.44. The molecule has 1 heterocycles. The van der Waals surface area contributed by atoms with Crippen LogP contribution in [0.15, 0.2) is 0 Å². The maximum atomic E-state index is 6.81. The number of hydrogen-bond donors (Lipinski definition) is 2. The van der Waals surface area contributed by atoms with Gasteiger partial charge in [-0.3, -0.25) is 4.84 Å². The number of fused-ring (bicyclic) bond motifs is 1. The maximum absolute atomic E-state index is 6.81. The van der Waals surface area contributed by atoms with Crippen molar-refractivity contribution in [2.75, 3.05) is 20.2 Å². The van der Waals surface area contributed by atoms with Crippen molar-refractivity contribution in [1.82, 2.24) is 10.8 Å². The molecule has 0 aromatic heterocycles. The fourth-order valence-corrected chi connectivity index (χ4v) is 7.18. The van der Waals surface area contributed by atoms with Crippen molar-refractivity contribution < 1.29 is 9.57 Å². The molecule has 0 amide bonds. The van der Waals surface area contributed by atoms with E-state index in [9.17, 15) is 0 Å². The van der Waals surface area contributed by atoms with E-state index < -0.39 is 0 Å². The van der Waals surface area contributed by atoms with Crippen LogP contribution in [0, 0.1) is 29.6 Å². The third-order valence-electron chi connectivity index (χ3n) is 8.69. The van der Waals surface area contributed by atoms with Gasteiger partial charge in [-0.25, -0.2) is 0 Å². The van der Waals surface area contributed by atoms with E-state index in [1.165, 1.54) is 77.0 Å². The largest absolute Gasteiger partial charge is 0.375 e. The summed E-state index contributed by atoms with van der Waals surface area (Å²) >= 11 is 0. The van der Waals surface area contributed by atoms with Crippen LogP contribution in [0.2, 0.25) is 0 Å². The van der Waals surface area contributed by atoms with Crippen molar-refractivity contribution in [1.29, 1.82) is 0 Å². The second-order valence-corrected chi connectivity index (χ2v) is 10.8. The van der Waals surface area contributed by atoms with E-state index in [0.717, 1.165) is 43.2 Å². The first-order chi connectivity index (χ1) is 14.2. The summed E-state index contributed by atoms with van der Waals surface area (Å²) in [5.41, 5.74) is 3.13. The number of nitrogens with one attached hydrogen (secondary N) is 2. The standard InChI is InChI=1S/C25H46N2O2/c1-18-14-23(29-27-18)17-28-25(20-9-4-3-5-10-20)24(16-26-2)22-13-12-19-8-6-7-11-21(19)15-22/h18-27H,3-17H2,1-2H3/t18?,19?,21?,22?,23?,24-,25-/m1/s1. The Morgan fingerprint density at radius 1 is 0.897 bits per heavy atom. The molecule has 4 aliphatic rings. The molecule has 0 aromatic carbocycles. The van der Waals surface area contributed by atoms with Crippen molar-refractivity contribution in [3.63, 3.8) is 0 Å². The molecular formula is C25H46N2O2. The first kappa shape index (κ1) is 22.0. The summed E-state index contributed by atoms with van der Waals surface area (Å²) in [6, 6.07) is 0.450. The van der Waals surface area contributed by atoms with E-state index in [-0.39, 0.29) is 6.10 Å². The average Bonchev–Trinajstić information content (AvgIpc) is 3.18. The molecule has 29 heavy (non-hydrogen) atoms. The molecule has 1 saturated heterocycles. The fraction of sp³-hybridized carbons (Fsp3) is 1.00. The molecule has 1 aliphatic heterocycles. The molecule has 0 aromatic rings. The van der Waals surface area contributed by atoms with Gasteiger partial charge < -0.3 is 10.1 Å². The number of hydrogen-bond acceptors (Lipinski definition) is 4. The predicted molar refractivity (Wildman–Crippen MR) is 119 cm³/mol. The Morgan fingerprint density at radius 2 is 1.66 bits per heavy atom. The summed E-state index contributed by atoms with van der Waals surface area (Å²) in [6.07, 6.45) is 18.9. The van der Waals surface area contributed by atoms with Crippen molar-refractivity contribution in [2.24, 2.45) is 29.6 Å². The smallest absolute Gasteiger partial charge is 0.104 e. The van der Waals surface area contributed by atoms with Crippen molar-refractivity contribution >= 4 is 0 Å². The molecule has 4 heteroatoms. The van der Waals surface area contributed by atoms with Gasteiger partial charge in [-0.05, 0) is 76.2 Å². The lowest BCUT2D eigenvalue weighted by atomic mass is 9.63. The number of rotatable bonds is 8. The quantitative estimate of drug-likeness (QED) is 0.590. The summed E-state index contributed by atoms with van der Waals surface area (Å²) in [5, 5.41) is 3.57. The lowest BCUT2D eigenvalue weighted by Gasteiger charge is -2.45. The van der Waals surface area contributed by atoms with E-state index in [0.29, 0.717) is 18.1 Å². The molecule has 4 nitrogen and oxygen atoms in total. The van der Waals surface area contributed by atoms with Gasteiger partial charge in [0.15, 0.2) is 0 Å². The minimum Gasteiger partial charge on any atom is -0.375 e. The maximum Gasteiger partial charge on any atom is 0.104 e. The zero-order valence-electron chi connectivity index (χ0n) is 19.0. The third-order valence-corrected chi connectivity index (χ3v) is 8.69. The summed E-state index contributed by atoms with van der Waals surface area (Å²) in [6.45, 7) is 4.08. The van der Waals surface area contributed by atoms with Crippen LogP contribution < -0.4 is 10.8 Å². The molecule has 4 fully saturated rings. The normalized spacial score (nSPS) is 38.5. The van der Waals surface area contributed by atoms with Crippen LogP contribution in [-0.4, -0.2) is 38.4 Å². The zero-order valence-corrected chi connectivity index (χ0v) is 19.0. The SMILES string of the molecule is CNC[C@H](C1CCC2CCCCC2C1)[C@H](OCC1CC(C)NO1)C1CCCCC1. The van der Waals surface area contributed by atoms with Gasteiger partial charge in [0.05, 0.1) is 12.7 Å². The molecule has 5 unspecified atom stereocenters. The van der Waals surface area contributed by atoms with Gasteiger partial charge >= 0.3 is 0 Å². The lowest BCUT2D eigenvalue weighted by Crippen LogP contribution is -2.45. The molecule has 2 N–H and O–H groups in total. The molecule has 7 atom stereocenters. The van der Waals surface area contributed by atoms with Crippen molar-refractivity contribution in [3.05, 3.63) is 0 Å². The minimum atomic E-state index is 0.223. The fourth-order valence-electron chi connectivity index (χ4n) is 7.18. The molecular weight excluding hydrogens is 360 g/mol. The van der Waals surface area contributed by atoms with Gasteiger partial charge in [0.25, 0.3) is 0 Å². The Kier molecular flexibility index (Phi) is 8.31. The van der Waals surface area contributed by atoms with Crippen LogP contribution in [0.25, 0.3) is 0 Å². The zero-order chi connectivity index (χ0) is 20.1. The van der Waals surface area contributed by atoms with Crippen LogP contribution in [0.5, 0.6) is 0 Å². The summed E-state index contributed by atoms with van der Waals surface area (Å²) in [5.74, 6) is 4.28. The van der Waals surface area contributed by atoms with Gasteiger partial charge in [0.1, 0.15) is 6.10 Å². The Hall–Kier alpha value is -0.160. The van der Waals surface area contributed by atoms with Crippen LogP contribution in [-0.2, 0) is 9.57 Å². The highest BCUT2D eigenvalue weighted by atomic mass is 16.7. The molecule has 3 aliphatic carbocycles. The molecule has 0 spiro atoms. The Morgan fingerprint density at radius 3 is 2.38 bits per heavy atom. The molecule has 168 valence electrons. The topological polar surface area (TPSA) is 42.5 Å². The van der Waals surface area contributed by atoms with Crippen LogP contribution in [0.4, 0.5) is 0 Å². The molecule has 0 bridgehead atoms. The lowest BCUT2D eigenvalue weighted by molar-refractivity contribution is -0.102. The van der Waals surface area contributed by atoms with Gasteiger partial charge in [0.2, 0.25) is 0 Å². The summed E-state index contributed by atoms with van der Waals surface area (Å²) in [4.78, 5) is 5.77. The second kappa shape index (κ2) is 10.9. The third kappa shape index (κ3) is 5.75. The highest BCUT2D eigenvalue weighted by Crippen LogP contribution is 2.47. The van der Waals surface area contributed by atoms with Crippen molar-refractivity contribution in [3.8, 4) is 0 Å². The first-order valence-electron chi connectivity index (χ1n) is 12.9. The predicted octanol–water partition coefficient (Wildman–Crippen LogP) is 5.08. The van der Waals surface area contributed by atoms with Gasteiger partial charge in [-0.2, -0.15) is 5.48 Å². The van der Waals surface area contributed by atoms with E-state index in [2.05, 4.69) is 24.8 Å². The van der Waals surface area contributed by atoms with Crippen molar-refractivity contribution in [2.45, 2.75) is 109 Å². The van der Waals surface area contributed by atoms with E-state index in [1.807, 2.05) is 0 Å². The highest BCUT2D eigenvalue weighted by Gasteiger charge is 2.41. The Bertz CT molecular complexity index is 481. The summed E-state index contributed by atoms with van der Waals surface area (Å²) < 4.78 is 6.81. The van der Waals surface area contributed by atoms with Crippen LogP contribution in [0.1, 0.15) is 90.4 Å². The second-order valence-electron chi connectivity index (χ2n) is 10.8. The average molecular weight is 407 g/mol. The molecule has 3 saturated carbocycles. The summed E-state index contributed by atoms with van der Waals surface area (Å²) in [7, 11) is 2.14. The Labute approximate surface area is 179 Å². The van der Waals surface area contributed by atoms with Gasteiger partial charge in [-0.15, -0.1) is 0 Å². The van der Waals surface area contributed by atoms with Gasteiger partial charge in [0, 0.05) is 18.5 Å². The number of hydroxylamine groups is 1. The first-order valence-corrected chi connectivity index (χ1v) is 12.9. The molecule has 0 radical (unpaired) electrons. The van der Waals surface area contributed by atoms with Crippen LogP contribution in [0.3, 0.4) is 0 Å². The molecule has 4 rings (SSSR count). The number of ether oxygens (including phenoxy) is 1. The minimum absolute atomic E-state index is 0.223. The van der Waals surface area contributed by atoms with Gasteiger partial charge in [-0.1, -0.05) is 44.9 Å².